The van der Waals surface area contributed by atoms with Crippen LogP contribution in [0.4, 0.5) is 0 Å². The Balaban J connectivity index is 2.08. The number of benzene rings is 3. The van der Waals surface area contributed by atoms with Crippen LogP contribution in [0.2, 0.25) is 0 Å². The zero-order valence-electron chi connectivity index (χ0n) is 12.7. The van der Waals surface area contributed by atoms with Gasteiger partial charge in [0.05, 0.1) is 5.56 Å². The topological polar surface area (TPSA) is 42.1 Å². The SMILES string of the molecule is CC(=O)Oc1[nH]c2ccccc2c1-c1cccc2ccccc12. The molecule has 3 heteroatoms. The van der Waals surface area contributed by atoms with Crippen molar-refractivity contribution in [3.8, 4) is 17.0 Å². The molecule has 0 radical (unpaired) electrons. The van der Waals surface area contributed by atoms with Gasteiger partial charge in [-0.2, -0.15) is 0 Å². The van der Waals surface area contributed by atoms with E-state index in [4.69, 9.17) is 4.74 Å². The molecule has 3 nitrogen and oxygen atoms in total. The molecular formula is C20H15NO2. The van der Waals surface area contributed by atoms with E-state index in [1.807, 2.05) is 42.5 Å². The average Bonchev–Trinajstić information content (AvgIpc) is 2.91. The number of carbonyl (C=O) groups excluding carboxylic acids is 1. The lowest BCUT2D eigenvalue weighted by molar-refractivity contribution is -0.132. The lowest BCUT2D eigenvalue weighted by Gasteiger charge is -2.08. The summed E-state index contributed by atoms with van der Waals surface area (Å²) in [5.74, 6) is 0.160. The molecule has 4 aromatic rings. The number of rotatable bonds is 2. The molecule has 0 aliphatic carbocycles. The number of hydrogen-bond acceptors (Lipinski definition) is 2. The first-order valence-electron chi connectivity index (χ1n) is 7.51. The molecule has 0 spiro atoms. The highest BCUT2D eigenvalue weighted by Gasteiger charge is 2.17. The van der Waals surface area contributed by atoms with Crippen LogP contribution in [-0.2, 0) is 4.79 Å². The fraction of sp³-hybridized carbons (Fsp3) is 0.0500. The average molecular weight is 301 g/mol. The van der Waals surface area contributed by atoms with Gasteiger partial charge in [0.2, 0.25) is 5.88 Å². The van der Waals surface area contributed by atoms with Gasteiger partial charge >= 0.3 is 5.97 Å². The quantitative estimate of drug-likeness (QED) is 0.534. The van der Waals surface area contributed by atoms with Crippen molar-refractivity contribution in [2.24, 2.45) is 0 Å². The van der Waals surface area contributed by atoms with Gasteiger partial charge in [0.15, 0.2) is 0 Å². The summed E-state index contributed by atoms with van der Waals surface area (Å²) in [6, 6.07) is 22.4. The van der Waals surface area contributed by atoms with Gasteiger partial charge in [-0.1, -0.05) is 60.7 Å². The van der Waals surface area contributed by atoms with E-state index < -0.39 is 0 Å². The molecule has 3 aromatic carbocycles. The molecular weight excluding hydrogens is 286 g/mol. The summed E-state index contributed by atoms with van der Waals surface area (Å²) >= 11 is 0. The summed E-state index contributed by atoms with van der Waals surface area (Å²) in [6.45, 7) is 1.42. The van der Waals surface area contributed by atoms with E-state index in [1.165, 1.54) is 6.92 Å². The van der Waals surface area contributed by atoms with Crippen LogP contribution in [0.15, 0.2) is 66.7 Å². The summed E-state index contributed by atoms with van der Waals surface area (Å²) in [4.78, 5) is 14.7. The number of fused-ring (bicyclic) bond motifs is 2. The molecule has 0 unspecified atom stereocenters. The fourth-order valence-corrected chi connectivity index (χ4v) is 3.05. The van der Waals surface area contributed by atoms with Crippen LogP contribution in [0.3, 0.4) is 0 Å². The van der Waals surface area contributed by atoms with E-state index in [9.17, 15) is 4.79 Å². The third kappa shape index (κ3) is 2.27. The largest absolute Gasteiger partial charge is 0.409 e. The van der Waals surface area contributed by atoms with Crippen molar-refractivity contribution >= 4 is 27.6 Å². The minimum atomic E-state index is -0.335. The summed E-state index contributed by atoms with van der Waals surface area (Å²) in [5, 5.41) is 3.33. The number of hydrogen-bond donors (Lipinski definition) is 1. The fourth-order valence-electron chi connectivity index (χ4n) is 3.05. The molecule has 0 atom stereocenters. The highest BCUT2D eigenvalue weighted by molar-refractivity contribution is 6.07. The molecule has 112 valence electrons. The van der Waals surface area contributed by atoms with Gasteiger partial charge in [-0.15, -0.1) is 0 Å². The number of H-pyrrole nitrogens is 1. The Labute approximate surface area is 133 Å². The Bertz CT molecular complexity index is 1020. The standard InChI is InChI=1S/C20H15NO2/c1-13(22)23-20-19(17-10-4-5-12-18(17)21-20)16-11-6-8-14-7-2-3-9-15(14)16/h2-12,21H,1H3. The second-order valence-corrected chi connectivity index (χ2v) is 5.50. The van der Waals surface area contributed by atoms with E-state index in [-0.39, 0.29) is 5.97 Å². The molecule has 0 saturated carbocycles. The lowest BCUT2D eigenvalue weighted by atomic mass is 9.97. The van der Waals surface area contributed by atoms with Crippen LogP contribution >= 0.6 is 0 Å². The van der Waals surface area contributed by atoms with Gasteiger partial charge in [-0.05, 0) is 22.4 Å². The number of ether oxygens (including phenoxy) is 1. The van der Waals surface area contributed by atoms with E-state index in [2.05, 4.69) is 29.2 Å². The zero-order chi connectivity index (χ0) is 15.8. The van der Waals surface area contributed by atoms with Crippen LogP contribution in [0.1, 0.15) is 6.92 Å². The van der Waals surface area contributed by atoms with Gasteiger partial charge in [0.1, 0.15) is 0 Å². The Kier molecular flexibility index (Phi) is 3.12. The maximum absolute atomic E-state index is 11.5. The molecule has 0 bridgehead atoms. The van der Waals surface area contributed by atoms with Crippen molar-refractivity contribution in [2.45, 2.75) is 6.92 Å². The predicted molar refractivity (Wildman–Crippen MR) is 92.5 cm³/mol. The number of aromatic amines is 1. The maximum Gasteiger partial charge on any atom is 0.309 e. The van der Waals surface area contributed by atoms with Crippen LogP contribution in [-0.4, -0.2) is 11.0 Å². The molecule has 1 N–H and O–H groups in total. The van der Waals surface area contributed by atoms with Crippen molar-refractivity contribution in [1.82, 2.24) is 4.98 Å². The molecule has 4 rings (SSSR count). The second kappa shape index (κ2) is 5.29. The number of para-hydroxylation sites is 1. The van der Waals surface area contributed by atoms with Gasteiger partial charge in [-0.25, -0.2) is 0 Å². The molecule has 0 amide bonds. The first-order chi connectivity index (χ1) is 11.2. The van der Waals surface area contributed by atoms with Crippen LogP contribution in [0.25, 0.3) is 32.8 Å². The monoisotopic (exact) mass is 301 g/mol. The third-order valence-electron chi connectivity index (χ3n) is 3.98. The summed E-state index contributed by atoms with van der Waals surface area (Å²) in [6.07, 6.45) is 0. The van der Waals surface area contributed by atoms with Crippen molar-refractivity contribution < 1.29 is 9.53 Å². The van der Waals surface area contributed by atoms with Crippen molar-refractivity contribution in [3.63, 3.8) is 0 Å². The Morgan fingerprint density at radius 2 is 1.57 bits per heavy atom. The maximum atomic E-state index is 11.5. The normalized spacial score (nSPS) is 11.0. The predicted octanol–water partition coefficient (Wildman–Crippen LogP) is 4.91. The number of nitrogens with one attached hydrogen (secondary N) is 1. The molecule has 0 fully saturated rings. The van der Waals surface area contributed by atoms with E-state index >= 15 is 0 Å². The summed E-state index contributed by atoms with van der Waals surface area (Å²) in [5.41, 5.74) is 2.93. The van der Waals surface area contributed by atoms with Crippen molar-refractivity contribution in [3.05, 3.63) is 66.7 Å². The van der Waals surface area contributed by atoms with Crippen LogP contribution < -0.4 is 4.74 Å². The highest BCUT2D eigenvalue weighted by Crippen LogP contribution is 2.40. The zero-order valence-corrected chi connectivity index (χ0v) is 12.7. The van der Waals surface area contributed by atoms with Crippen molar-refractivity contribution in [1.29, 1.82) is 0 Å². The number of carbonyl (C=O) groups is 1. The van der Waals surface area contributed by atoms with Gasteiger partial charge in [0, 0.05) is 17.8 Å². The van der Waals surface area contributed by atoms with E-state index in [0.717, 1.165) is 32.8 Å². The number of aromatic nitrogens is 1. The van der Waals surface area contributed by atoms with Crippen LogP contribution in [0.5, 0.6) is 5.88 Å². The summed E-state index contributed by atoms with van der Waals surface area (Å²) in [7, 11) is 0. The first kappa shape index (κ1) is 13.6. The van der Waals surface area contributed by atoms with Gasteiger partial charge in [-0.3, -0.25) is 4.79 Å². The molecule has 1 aromatic heterocycles. The van der Waals surface area contributed by atoms with Gasteiger partial charge < -0.3 is 9.72 Å². The Morgan fingerprint density at radius 1 is 0.870 bits per heavy atom. The first-order valence-corrected chi connectivity index (χ1v) is 7.51. The number of esters is 1. The highest BCUT2D eigenvalue weighted by atomic mass is 16.5. The lowest BCUT2D eigenvalue weighted by Crippen LogP contribution is -2.02. The van der Waals surface area contributed by atoms with Crippen molar-refractivity contribution in [2.75, 3.05) is 0 Å². The third-order valence-corrected chi connectivity index (χ3v) is 3.98. The summed E-state index contributed by atoms with van der Waals surface area (Å²) < 4.78 is 5.44. The molecule has 23 heavy (non-hydrogen) atoms. The molecule has 0 aliphatic heterocycles. The molecule has 0 saturated heterocycles. The van der Waals surface area contributed by atoms with Gasteiger partial charge in [0.25, 0.3) is 0 Å². The minimum Gasteiger partial charge on any atom is -0.409 e. The Morgan fingerprint density at radius 3 is 2.39 bits per heavy atom. The Hall–Kier alpha value is -3.07. The minimum absolute atomic E-state index is 0.335. The van der Waals surface area contributed by atoms with Crippen LogP contribution in [0, 0.1) is 0 Å². The molecule has 1 heterocycles. The van der Waals surface area contributed by atoms with E-state index in [0.29, 0.717) is 5.88 Å². The second-order valence-electron chi connectivity index (χ2n) is 5.50. The molecule has 0 aliphatic rings. The van der Waals surface area contributed by atoms with E-state index in [1.54, 1.807) is 0 Å². The smallest absolute Gasteiger partial charge is 0.309 e.